The van der Waals surface area contributed by atoms with Crippen molar-refractivity contribution in [2.75, 3.05) is 32.0 Å². The van der Waals surface area contributed by atoms with E-state index in [9.17, 15) is 4.79 Å². The lowest BCUT2D eigenvalue weighted by Crippen LogP contribution is -2.53. The third kappa shape index (κ3) is 6.93. The number of hydrogen-bond acceptors (Lipinski definition) is 3. The van der Waals surface area contributed by atoms with E-state index >= 15 is 0 Å². The molecule has 1 saturated heterocycles. The number of aliphatic imine (C=N–C) groups is 1. The smallest absolute Gasteiger partial charge is 0.218 e. The second kappa shape index (κ2) is 12.3. The van der Waals surface area contributed by atoms with Crippen LogP contribution in [0.25, 0.3) is 0 Å². The van der Waals surface area contributed by atoms with Gasteiger partial charge in [0, 0.05) is 53.7 Å². The zero-order valence-electron chi connectivity index (χ0n) is 21.2. The molecule has 3 N–H and O–H groups in total. The average molecular weight is 531 g/mol. The van der Waals surface area contributed by atoms with Crippen LogP contribution in [0.3, 0.4) is 0 Å². The highest BCUT2D eigenvalue weighted by molar-refractivity contribution is 6.35. The third-order valence-corrected chi connectivity index (χ3v) is 8.01. The molecule has 1 unspecified atom stereocenters. The van der Waals surface area contributed by atoms with Crippen molar-refractivity contribution in [3.8, 4) is 0 Å². The Kier molecular flexibility index (Phi) is 9.15. The Morgan fingerprint density at radius 2 is 1.83 bits per heavy atom. The predicted molar refractivity (Wildman–Crippen MR) is 150 cm³/mol. The van der Waals surface area contributed by atoms with Crippen molar-refractivity contribution in [1.82, 2.24) is 9.80 Å². The number of nitrogens with two attached hydrogens (primary N) is 1. The average Bonchev–Trinajstić information content (AvgIpc) is 2.85. The molecule has 0 spiro atoms. The van der Waals surface area contributed by atoms with Crippen molar-refractivity contribution in [2.24, 2.45) is 10.7 Å². The van der Waals surface area contributed by atoms with Crippen molar-refractivity contribution in [3.05, 3.63) is 63.6 Å². The minimum Gasteiger partial charge on any atom is -0.370 e. The molecule has 1 aliphatic carbocycles. The molecule has 1 heterocycles. The van der Waals surface area contributed by atoms with Crippen LogP contribution in [-0.2, 0) is 4.79 Å². The highest BCUT2D eigenvalue weighted by atomic mass is 35.5. The number of primary amides is 1. The topological polar surface area (TPSA) is 74.0 Å². The Balaban J connectivity index is 1.57. The summed E-state index contributed by atoms with van der Waals surface area (Å²) in [4.78, 5) is 21.9. The monoisotopic (exact) mass is 529 g/mol. The fraction of sp³-hybridized carbons (Fsp3) is 0.500. The van der Waals surface area contributed by atoms with E-state index in [1.165, 1.54) is 19.3 Å². The Morgan fingerprint density at radius 1 is 1.11 bits per heavy atom. The van der Waals surface area contributed by atoms with Crippen LogP contribution in [0, 0.1) is 0 Å². The molecular weight excluding hydrogens is 493 g/mol. The fourth-order valence-electron chi connectivity index (χ4n) is 5.14. The standard InChI is InChI=1S/C28H37Cl2N5O/c1-19-18-35(15-14-34(19)2)28(32-22-6-4-3-5-7-22)33-23-11-8-20(9-12-23)25(17-27(31)36)24-13-10-21(29)16-26(24)30/h8-13,16,19,22,25H,3-7,14-15,17-18H2,1-2H3,(H2,31,36)(H,32,33)/t19-,25?/m0/s1. The van der Waals surface area contributed by atoms with Crippen molar-refractivity contribution >= 4 is 40.8 Å². The van der Waals surface area contributed by atoms with Crippen molar-refractivity contribution in [3.63, 3.8) is 0 Å². The van der Waals surface area contributed by atoms with Crippen molar-refractivity contribution < 1.29 is 4.79 Å². The summed E-state index contributed by atoms with van der Waals surface area (Å²) in [5.74, 6) is 0.346. The van der Waals surface area contributed by atoms with Crippen LogP contribution >= 0.6 is 23.2 Å². The molecule has 2 aromatic rings. The molecule has 2 fully saturated rings. The van der Waals surface area contributed by atoms with Gasteiger partial charge in [-0.05, 0) is 62.2 Å². The van der Waals surface area contributed by atoms with Gasteiger partial charge in [0.2, 0.25) is 5.91 Å². The van der Waals surface area contributed by atoms with Crippen LogP contribution in [0.15, 0.2) is 47.5 Å². The van der Waals surface area contributed by atoms with Crippen LogP contribution in [0.5, 0.6) is 0 Å². The van der Waals surface area contributed by atoms with Gasteiger partial charge in [0.1, 0.15) is 0 Å². The molecule has 0 aromatic heterocycles. The largest absolute Gasteiger partial charge is 0.370 e. The second-order valence-corrected chi connectivity index (χ2v) is 11.0. The Bertz CT molecular complexity index is 1070. The molecule has 6 nitrogen and oxygen atoms in total. The zero-order chi connectivity index (χ0) is 25.7. The summed E-state index contributed by atoms with van der Waals surface area (Å²) in [5, 5.41) is 4.71. The summed E-state index contributed by atoms with van der Waals surface area (Å²) in [5.41, 5.74) is 8.38. The number of hydrogen-bond donors (Lipinski definition) is 2. The first-order valence-electron chi connectivity index (χ1n) is 12.9. The van der Waals surface area contributed by atoms with Crippen LogP contribution in [0.1, 0.15) is 62.5 Å². The molecule has 1 aliphatic heterocycles. The predicted octanol–water partition coefficient (Wildman–Crippen LogP) is 5.74. The number of nitrogens with one attached hydrogen (secondary N) is 1. The molecule has 0 bridgehead atoms. The number of nitrogens with zero attached hydrogens (tertiary/aromatic N) is 3. The highest BCUT2D eigenvalue weighted by Gasteiger charge is 2.25. The van der Waals surface area contributed by atoms with Crippen molar-refractivity contribution in [2.45, 2.75) is 63.5 Å². The number of amides is 1. The quantitative estimate of drug-likeness (QED) is 0.369. The molecule has 1 amide bonds. The van der Waals surface area contributed by atoms with Gasteiger partial charge in [-0.3, -0.25) is 4.79 Å². The number of piperazine rings is 1. The van der Waals surface area contributed by atoms with E-state index in [1.807, 2.05) is 30.3 Å². The number of benzene rings is 2. The van der Waals surface area contributed by atoms with Gasteiger partial charge < -0.3 is 20.9 Å². The molecule has 0 radical (unpaired) electrons. The van der Waals surface area contributed by atoms with E-state index in [4.69, 9.17) is 33.9 Å². The number of anilines is 1. The highest BCUT2D eigenvalue weighted by Crippen LogP contribution is 2.35. The molecule has 36 heavy (non-hydrogen) atoms. The van der Waals surface area contributed by atoms with E-state index in [1.54, 1.807) is 12.1 Å². The van der Waals surface area contributed by atoms with Gasteiger partial charge in [0.25, 0.3) is 0 Å². The van der Waals surface area contributed by atoms with E-state index < -0.39 is 0 Å². The van der Waals surface area contributed by atoms with Gasteiger partial charge in [-0.2, -0.15) is 0 Å². The van der Waals surface area contributed by atoms with Crippen LogP contribution in [0.4, 0.5) is 5.69 Å². The second-order valence-electron chi connectivity index (χ2n) is 10.2. The maximum Gasteiger partial charge on any atom is 0.218 e. The molecule has 2 aliphatic rings. The van der Waals surface area contributed by atoms with Crippen LogP contribution in [0.2, 0.25) is 10.0 Å². The summed E-state index contributed by atoms with van der Waals surface area (Å²) >= 11 is 12.6. The molecule has 1 saturated carbocycles. The summed E-state index contributed by atoms with van der Waals surface area (Å²) in [6, 6.07) is 14.4. The molecule has 2 aromatic carbocycles. The lowest BCUT2D eigenvalue weighted by Gasteiger charge is -2.39. The summed E-state index contributed by atoms with van der Waals surface area (Å²) in [6.07, 6.45) is 6.30. The first kappa shape index (κ1) is 26.8. The van der Waals surface area contributed by atoms with Crippen molar-refractivity contribution in [1.29, 1.82) is 0 Å². The fourth-order valence-corrected chi connectivity index (χ4v) is 5.68. The lowest BCUT2D eigenvalue weighted by molar-refractivity contribution is -0.118. The SMILES string of the molecule is C[C@H]1CN(/C(=N\C2CCCCC2)Nc2ccc(C(CC(N)=O)c3ccc(Cl)cc3Cl)cc2)CCN1C. The molecule has 8 heteroatoms. The number of rotatable bonds is 6. The molecule has 194 valence electrons. The van der Waals surface area contributed by atoms with Gasteiger partial charge in [-0.25, -0.2) is 4.99 Å². The first-order chi connectivity index (χ1) is 17.3. The Hall–Kier alpha value is -2.28. The lowest BCUT2D eigenvalue weighted by atomic mass is 9.88. The van der Waals surface area contributed by atoms with E-state index in [2.05, 4.69) is 29.1 Å². The number of likely N-dealkylation sites (N-methyl/N-ethyl adjacent to an activating group) is 1. The normalized spacial score (nSPS) is 20.8. The number of guanidine groups is 1. The molecule has 4 rings (SSSR count). The van der Waals surface area contributed by atoms with Gasteiger partial charge >= 0.3 is 0 Å². The maximum absolute atomic E-state index is 11.9. The summed E-state index contributed by atoms with van der Waals surface area (Å²) in [6.45, 7) is 5.18. The zero-order valence-corrected chi connectivity index (χ0v) is 22.7. The Labute approximate surface area is 224 Å². The number of halogens is 2. The number of carbonyl (C=O) groups is 1. The van der Waals surface area contributed by atoms with Gasteiger partial charge in [-0.15, -0.1) is 0 Å². The van der Waals surface area contributed by atoms with Crippen LogP contribution in [-0.4, -0.2) is 60.4 Å². The summed E-state index contributed by atoms with van der Waals surface area (Å²) in [7, 11) is 2.18. The Morgan fingerprint density at radius 3 is 2.47 bits per heavy atom. The van der Waals surface area contributed by atoms with E-state index in [0.29, 0.717) is 22.1 Å². The minimum atomic E-state index is -0.376. The molecule has 2 atom stereocenters. The first-order valence-corrected chi connectivity index (χ1v) is 13.7. The third-order valence-electron chi connectivity index (χ3n) is 7.45. The summed E-state index contributed by atoms with van der Waals surface area (Å²) < 4.78 is 0. The number of carbonyl (C=O) groups excluding carboxylic acids is 1. The minimum absolute atomic E-state index is 0.168. The van der Waals surface area contributed by atoms with Gasteiger partial charge in [-0.1, -0.05) is 60.7 Å². The molecular formula is C28H37Cl2N5O. The van der Waals surface area contributed by atoms with Gasteiger partial charge in [0.05, 0.1) is 6.04 Å². The van der Waals surface area contributed by atoms with Crippen LogP contribution < -0.4 is 11.1 Å². The van der Waals surface area contributed by atoms with E-state index in [-0.39, 0.29) is 18.2 Å². The van der Waals surface area contributed by atoms with Gasteiger partial charge in [0.15, 0.2) is 5.96 Å². The maximum atomic E-state index is 11.9. The van der Waals surface area contributed by atoms with E-state index in [0.717, 1.165) is 55.2 Å².